The van der Waals surface area contributed by atoms with Crippen molar-refractivity contribution >= 4 is 21.9 Å². The highest BCUT2D eigenvalue weighted by Crippen LogP contribution is 2.33. The van der Waals surface area contributed by atoms with Crippen molar-refractivity contribution in [3.05, 3.63) is 34.3 Å². The summed E-state index contributed by atoms with van der Waals surface area (Å²) in [4.78, 5) is 12.0. The van der Waals surface area contributed by atoms with Gasteiger partial charge in [-0.1, -0.05) is 28.1 Å². The summed E-state index contributed by atoms with van der Waals surface area (Å²) in [5, 5.41) is 0. The van der Waals surface area contributed by atoms with Crippen molar-refractivity contribution in [2.45, 2.75) is 12.7 Å². The maximum Gasteiger partial charge on any atom is 0.372 e. The summed E-state index contributed by atoms with van der Waals surface area (Å²) in [6.07, 6.45) is 0. The molecular formula is C12H13BrO4. The van der Waals surface area contributed by atoms with E-state index >= 15 is 0 Å². The first-order valence-corrected chi connectivity index (χ1v) is 6.19. The Hall–Kier alpha value is -0.910. The van der Waals surface area contributed by atoms with Gasteiger partial charge in [0.05, 0.1) is 19.8 Å². The third-order valence-corrected chi connectivity index (χ3v) is 2.99. The van der Waals surface area contributed by atoms with Gasteiger partial charge in [0.1, 0.15) is 0 Å². The number of rotatable bonds is 3. The molecule has 0 spiro atoms. The molecule has 1 aromatic rings. The van der Waals surface area contributed by atoms with Crippen molar-refractivity contribution in [3.8, 4) is 0 Å². The van der Waals surface area contributed by atoms with E-state index in [1.807, 2.05) is 12.1 Å². The van der Waals surface area contributed by atoms with Gasteiger partial charge in [0.25, 0.3) is 5.79 Å². The average Bonchev–Trinajstić information content (AvgIpc) is 2.81. The molecule has 0 unspecified atom stereocenters. The number of hydrogen-bond donors (Lipinski definition) is 0. The Morgan fingerprint density at radius 3 is 2.47 bits per heavy atom. The third kappa shape index (κ3) is 2.36. The van der Waals surface area contributed by atoms with Gasteiger partial charge in [-0.15, -0.1) is 0 Å². The van der Waals surface area contributed by atoms with Crippen molar-refractivity contribution in [2.75, 3.05) is 19.8 Å². The van der Waals surface area contributed by atoms with E-state index in [9.17, 15) is 4.79 Å². The Kier molecular flexibility index (Phi) is 3.81. The highest BCUT2D eigenvalue weighted by molar-refractivity contribution is 9.10. The minimum absolute atomic E-state index is 0.295. The molecule has 4 nitrogen and oxygen atoms in total. The number of benzene rings is 1. The van der Waals surface area contributed by atoms with Crippen molar-refractivity contribution in [2.24, 2.45) is 0 Å². The van der Waals surface area contributed by atoms with E-state index in [2.05, 4.69) is 15.9 Å². The second-order valence-corrected chi connectivity index (χ2v) is 4.46. The minimum atomic E-state index is -1.39. The van der Waals surface area contributed by atoms with Crippen LogP contribution in [-0.2, 0) is 24.8 Å². The molecule has 1 fully saturated rings. The zero-order valence-corrected chi connectivity index (χ0v) is 11.0. The molecule has 1 saturated heterocycles. The zero-order chi connectivity index (χ0) is 12.3. The lowest BCUT2D eigenvalue weighted by molar-refractivity contribution is -0.211. The zero-order valence-electron chi connectivity index (χ0n) is 9.44. The largest absolute Gasteiger partial charge is 0.462 e. The Morgan fingerprint density at radius 2 is 1.94 bits per heavy atom. The molecule has 17 heavy (non-hydrogen) atoms. The predicted molar refractivity (Wildman–Crippen MR) is 64.4 cm³/mol. The Labute approximate surface area is 108 Å². The van der Waals surface area contributed by atoms with Crippen LogP contribution in [0.1, 0.15) is 12.5 Å². The van der Waals surface area contributed by atoms with Crippen LogP contribution < -0.4 is 0 Å². The number of ether oxygens (including phenoxy) is 3. The summed E-state index contributed by atoms with van der Waals surface area (Å²) in [5.74, 6) is -1.89. The second-order valence-electron chi connectivity index (χ2n) is 3.54. The van der Waals surface area contributed by atoms with Gasteiger partial charge in [-0.05, 0) is 19.1 Å². The van der Waals surface area contributed by atoms with Gasteiger partial charge in [-0.25, -0.2) is 4.79 Å². The summed E-state index contributed by atoms with van der Waals surface area (Å²) in [6.45, 7) is 2.82. The molecule has 5 heteroatoms. The van der Waals surface area contributed by atoms with E-state index in [0.29, 0.717) is 25.4 Å². The topological polar surface area (TPSA) is 44.8 Å². The fourth-order valence-electron chi connectivity index (χ4n) is 1.71. The van der Waals surface area contributed by atoms with Crippen LogP contribution in [0.5, 0.6) is 0 Å². The molecule has 0 N–H and O–H groups in total. The normalized spacial score (nSPS) is 18.0. The van der Waals surface area contributed by atoms with Crippen LogP contribution >= 0.6 is 15.9 Å². The molecule has 1 aliphatic heterocycles. The predicted octanol–water partition coefficient (Wildman–Crippen LogP) is 2.21. The number of carbonyl (C=O) groups excluding carboxylic acids is 1. The lowest BCUT2D eigenvalue weighted by Gasteiger charge is -2.25. The summed E-state index contributed by atoms with van der Waals surface area (Å²) >= 11 is 3.34. The molecule has 92 valence electrons. The average molecular weight is 301 g/mol. The first kappa shape index (κ1) is 12.5. The van der Waals surface area contributed by atoms with Crippen LogP contribution in [0.3, 0.4) is 0 Å². The lowest BCUT2D eigenvalue weighted by atomic mass is 10.1. The molecule has 0 radical (unpaired) electrons. The van der Waals surface area contributed by atoms with Crippen LogP contribution in [-0.4, -0.2) is 25.8 Å². The Morgan fingerprint density at radius 1 is 1.35 bits per heavy atom. The van der Waals surface area contributed by atoms with Crippen molar-refractivity contribution < 1.29 is 19.0 Å². The molecule has 0 aromatic heterocycles. The molecule has 0 amide bonds. The number of halogens is 1. The quantitative estimate of drug-likeness (QED) is 0.803. The standard InChI is InChI=1S/C12H13BrO4/c1-2-15-11(14)12(16-7-8-17-12)9-3-5-10(13)6-4-9/h3-6H,2,7-8H2,1H3. The summed E-state index contributed by atoms with van der Waals surface area (Å²) in [5.41, 5.74) is 0.650. The first-order chi connectivity index (χ1) is 8.19. The minimum Gasteiger partial charge on any atom is -0.462 e. The number of carbonyl (C=O) groups is 1. The molecule has 0 saturated carbocycles. The highest BCUT2D eigenvalue weighted by atomic mass is 79.9. The van der Waals surface area contributed by atoms with Crippen LogP contribution in [0.15, 0.2) is 28.7 Å². The third-order valence-electron chi connectivity index (χ3n) is 2.46. The monoisotopic (exact) mass is 300 g/mol. The number of esters is 1. The van der Waals surface area contributed by atoms with E-state index in [0.717, 1.165) is 4.47 Å². The molecule has 1 aromatic carbocycles. The first-order valence-electron chi connectivity index (χ1n) is 5.40. The highest BCUT2D eigenvalue weighted by Gasteiger charge is 2.48. The van der Waals surface area contributed by atoms with Crippen LogP contribution in [0.2, 0.25) is 0 Å². The van der Waals surface area contributed by atoms with Crippen LogP contribution in [0.4, 0.5) is 0 Å². The Bertz CT molecular complexity index is 395. The van der Waals surface area contributed by atoms with E-state index < -0.39 is 11.8 Å². The molecule has 1 heterocycles. The maximum atomic E-state index is 12.0. The van der Waals surface area contributed by atoms with Gasteiger partial charge in [0.15, 0.2) is 0 Å². The molecule has 1 aliphatic rings. The van der Waals surface area contributed by atoms with E-state index in [-0.39, 0.29) is 0 Å². The fraction of sp³-hybridized carbons (Fsp3) is 0.417. The second kappa shape index (κ2) is 5.16. The van der Waals surface area contributed by atoms with E-state index in [1.54, 1.807) is 19.1 Å². The lowest BCUT2D eigenvalue weighted by Crippen LogP contribution is -2.38. The molecule has 0 bridgehead atoms. The molecule has 0 aliphatic carbocycles. The smallest absolute Gasteiger partial charge is 0.372 e. The van der Waals surface area contributed by atoms with E-state index in [4.69, 9.17) is 14.2 Å². The van der Waals surface area contributed by atoms with Gasteiger partial charge < -0.3 is 14.2 Å². The molecule has 0 atom stereocenters. The SMILES string of the molecule is CCOC(=O)C1(c2ccc(Br)cc2)OCCO1. The van der Waals surface area contributed by atoms with Gasteiger partial charge in [0.2, 0.25) is 0 Å². The summed E-state index contributed by atoms with van der Waals surface area (Å²) < 4.78 is 16.9. The summed E-state index contributed by atoms with van der Waals surface area (Å²) in [6, 6.07) is 7.24. The van der Waals surface area contributed by atoms with Gasteiger partial charge >= 0.3 is 5.97 Å². The van der Waals surface area contributed by atoms with Crippen molar-refractivity contribution in [1.82, 2.24) is 0 Å². The van der Waals surface area contributed by atoms with Gasteiger partial charge in [-0.3, -0.25) is 0 Å². The van der Waals surface area contributed by atoms with Crippen molar-refractivity contribution in [3.63, 3.8) is 0 Å². The maximum absolute atomic E-state index is 12.0. The summed E-state index contributed by atoms with van der Waals surface area (Å²) in [7, 11) is 0. The van der Waals surface area contributed by atoms with Crippen LogP contribution in [0, 0.1) is 0 Å². The number of hydrogen-bond acceptors (Lipinski definition) is 4. The Balaban J connectivity index is 2.34. The molecule has 2 rings (SSSR count). The van der Waals surface area contributed by atoms with Gasteiger partial charge in [0, 0.05) is 10.0 Å². The van der Waals surface area contributed by atoms with Gasteiger partial charge in [-0.2, -0.15) is 0 Å². The molecular weight excluding hydrogens is 288 g/mol. The van der Waals surface area contributed by atoms with Crippen LogP contribution in [0.25, 0.3) is 0 Å². The van der Waals surface area contributed by atoms with E-state index in [1.165, 1.54) is 0 Å². The fourth-order valence-corrected chi connectivity index (χ4v) is 1.97. The van der Waals surface area contributed by atoms with Crippen molar-refractivity contribution in [1.29, 1.82) is 0 Å².